The van der Waals surface area contributed by atoms with E-state index in [-0.39, 0.29) is 34.8 Å². The molecule has 0 bridgehead atoms. The highest BCUT2D eigenvalue weighted by Gasteiger charge is 2.39. The maximum Gasteiger partial charge on any atom is 0.228 e. The smallest absolute Gasteiger partial charge is 0.228 e. The molecule has 2 heterocycles. The number of phenols is 3. The molecule has 6 N–H and O–H groups in total. The molecule has 0 saturated carbocycles. The molecule has 10 heteroatoms. The van der Waals surface area contributed by atoms with Crippen molar-refractivity contribution in [3.05, 3.63) is 46.6 Å². The van der Waals surface area contributed by atoms with Gasteiger partial charge in [0.1, 0.15) is 46.5 Å². The van der Waals surface area contributed by atoms with E-state index in [1.54, 1.807) is 0 Å². The second-order valence-corrected chi connectivity index (χ2v) is 6.86. The van der Waals surface area contributed by atoms with Crippen LogP contribution in [-0.4, -0.2) is 61.8 Å². The molecule has 1 aliphatic rings. The van der Waals surface area contributed by atoms with Gasteiger partial charge >= 0.3 is 0 Å². The lowest BCUT2D eigenvalue weighted by Gasteiger charge is -2.34. The molecule has 1 saturated heterocycles. The minimum absolute atomic E-state index is 0.0264. The number of phenolic OH excluding ortho intramolecular Hbond substituents is 3. The van der Waals surface area contributed by atoms with Crippen molar-refractivity contribution in [2.45, 2.75) is 24.6 Å². The van der Waals surface area contributed by atoms with Crippen LogP contribution < -0.4 is 10.2 Å². The quantitative estimate of drug-likeness (QED) is 0.327. The summed E-state index contributed by atoms with van der Waals surface area (Å²) in [7, 11) is 0. The van der Waals surface area contributed by atoms with E-state index in [1.807, 2.05) is 0 Å². The zero-order valence-electron chi connectivity index (χ0n) is 15.3. The van der Waals surface area contributed by atoms with Crippen LogP contribution in [-0.2, 0) is 4.74 Å². The lowest BCUT2D eigenvalue weighted by Crippen LogP contribution is -2.54. The van der Waals surface area contributed by atoms with Gasteiger partial charge in [-0.1, -0.05) is 0 Å². The highest BCUT2D eigenvalue weighted by atomic mass is 16.7. The van der Waals surface area contributed by atoms with Crippen LogP contribution >= 0.6 is 0 Å². The molecular weight excluding hydrogens is 400 g/mol. The lowest BCUT2D eigenvalue weighted by atomic mass is 10.1. The van der Waals surface area contributed by atoms with E-state index in [1.165, 1.54) is 24.3 Å². The number of hydrogen-bond donors (Lipinski definition) is 6. The summed E-state index contributed by atoms with van der Waals surface area (Å²) in [4.78, 5) is 12.5. The van der Waals surface area contributed by atoms with Gasteiger partial charge in [-0.15, -0.1) is 0 Å². The van der Waals surface area contributed by atoms with Gasteiger partial charge in [-0.05, 0) is 18.2 Å². The van der Waals surface area contributed by atoms with Crippen LogP contribution in [0.1, 0.15) is 0 Å². The average Bonchev–Trinajstić information content (AvgIpc) is 2.70. The standard InChI is InChI=1S/C20H18O10/c21-10-2-1-8(3-11(10)22)15-6-13(24)17-12(23)4-9(5-16(17)30-15)29-20-19(27)18(26)14(25)7-28-20/h1-6,14,18-23,25-27H,7H2/t14-,18+,19?,20+/m1/s1. The molecule has 30 heavy (non-hydrogen) atoms. The van der Waals surface area contributed by atoms with Gasteiger partial charge in [-0.2, -0.15) is 0 Å². The van der Waals surface area contributed by atoms with Gasteiger partial charge in [-0.3, -0.25) is 4.79 Å². The summed E-state index contributed by atoms with van der Waals surface area (Å²) in [5.74, 6) is -1.15. The molecule has 0 radical (unpaired) electrons. The summed E-state index contributed by atoms with van der Waals surface area (Å²) in [6.45, 7) is -0.272. The summed E-state index contributed by atoms with van der Waals surface area (Å²) >= 11 is 0. The van der Waals surface area contributed by atoms with E-state index in [4.69, 9.17) is 13.9 Å². The zero-order chi connectivity index (χ0) is 21.6. The maximum absolute atomic E-state index is 12.5. The fraction of sp³-hybridized carbons (Fsp3) is 0.250. The minimum Gasteiger partial charge on any atom is -0.507 e. The highest BCUT2D eigenvalue weighted by Crippen LogP contribution is 2.34. The molecule has 158 valence electrons. The summed E-state index contributed by atoms with van der Waals surface area (Å²) in [5.41, 5.74) is -0.306. The van der Waals surface area contributed by atoms with E-state index in [9.17, 15) is 35.4 Å². The Morgan fingerprint density at radius 3 is 2.40 bits per heavy atom. The maximum atomic E-state index is 12.5. The Balaban J connectivity index is 1.73. The molecule has 4 rings (SSSR count). The van der Waals surface area contributed by atoms with E-state index in [0.717, 1.165) is 12.1 Å². The van der Waals surface area contributed by atoms with Crippen molar-refractivity contribution in [3.63, 3.8) is 0 Å². The number of aliphatic hydroxyl groups excluding tert-OH is 3. The summed E-state index contributed by atoms with van der Waals surface area (Å²) < 4.78 is 16.3. The first-order valence-electron chi connectivity index (χ1n) is 8.90. The second kappa shape index (κ2) is 7.50. The van der Waals surface area contributed by atoms with Crippen LogP contribution in [0.5, 0.6) is 23.0 Å². The Labute approximate surface area is 168 Å². The van der Waals surface area contributed by atoms with Gasteiger partial charge in [0.2, 0.25) is 6.29 Å². The second-order valence-electron chi connectivity index (χ2n) is 6.86. The summed E-state index contributed by atoms with van der Waals surface area (Å²) in [5, 5.41) is 58.5. The Morgan fingerprint density at radius 1 is 0.900 bits per heavy atom. The fourth-order valence-corrected chi connectivity index (χ4v) is 3.15. The third-order valence-electron chi connectivity index (χ3n) is 4.75. The monoisotopic (exact) mass is 418 g/mol. The van der Waals surface area contributed by atoms with E-state index >= 15 is 0 Å². The van der Waals surface area contributed by atoms with Gasteiger partial charge < -0.3 is 44.5 Å². The van der Waals surface area contributed by atoms with Crippen molar-refractivity contribution in [2.24, 2.45) is 0 Å². The number of rotatable bonds is 3. The van der Waals surface area contributed by atoms with Crippen molar-refractivity contribution in [3.8, 4) is 34.3 Å². The molecule has 0 amide bonds. The first-order chi connectivity index (χ1) is 14.2. The lowest BCUT2D eigenvalue weighted by molar-refractivity contribution is -0.242. The molecular formula is C20H18O10. The topological polar surface area (TPSA) is 170 Å². The number of hydrogen-bond acceptors (Lipinski definition) is 10. The molecule has 1 aliphatic heterocycles. The molecule has 1 fully saturated rings. The molecule has 0 aliphatic carbocycles. The van der Waals surface area contributed by atoms with Gasteiger partial charge in [0.25, 0.3) is 0 Å². The predicted octanol–water partition coefficient (Wildman–Crippen LogP) is 0.395. The number of aliphatic hydroxyl groups is 3. The summed E-state index contributed by atoms with van der Waals surface area (Å²) in [6, 6.07) is 7.40. The van der Waals surface area contributed by atoms with Gasteiger partial charge in [0, 0.05) is 23.8 Å². The number of fused-ring (bicyclic) bond motifs is 1. The number of ether oxygens (including phenoxy) is 2. The highest BCUT2D eigenvalue weighted by molar-refractivity contribution is 5.86. The number of benzene rings is 2. The Morgan fingerprint density at radius 2 is 1.67 bits per heavy atom. The molecule has 1 unspecified atom stereocenters. The van der Waals surface area contributed by atoms with E-state index in [0.29, 0.717) is 5.56 Å². The minimum atomic E-state index is -1.55. The van der Waals surface area contributed by atoms with Crippen molar-refractivity contribution < 1.29 is 44.5 Å². The third-order valence-corrected chi connectivity index (χ3v) is 4.75. The average molecular weight is 418 g/mol. The first-order valence-corrected chi connectivity index (χ1v) is 8.90. The van der Waals surface area contributed by atoms with Gasteiger partial charge in [0.05, 0.1) is 6.61 Å². The Hall–Kier alpha value is -3.31. The van der Waals surface area contributed by atoms with Gasteiger partial charge in [-0.25, -0.2) is 0 Å². The van der Waals surface area contributed by atoms with Crippen LogP contribution in [0.2, 0.25) is 0 Å². The molecule has 2 aromatic carbocycles. The van der Waals surface area contributed by atoms with Crippen molar-refractivity contribution in [2.75, 3.05) is 6.61 Å². The third kappa shape index (κ3) is 3.53. The first kappa shape index (κ1) is 20.0. The van der Waals surface area contributed by atoms with Crippen LogP contribution in [0.4, 0.5) is 0 Å². The molecule has 10 nitrogen and oxygen atoms in total. The zero-order valence-corrected chi connectivity index (χ0v) is 15.3. The largest absolute Gasteiger partial charge is 0.507 e. The van der Waals surface area contributed by atoms with Crippen LogP contribution in [0.3, 0.4) is 0 Å². The van der Waals surface area contributed by atoms with E-state index < -0.39 is 41.5 Å². The number of aromatic hydroxyl groups is 3. The Bertz CT molecular complexity index is 1150. The SMILES string of the molecule is O=c1cc(-c2ccc(O)c(O)c2)oc2cc(O[C@@H]3OC[C@@H](O)[C@H](O)C3O)cc(O)c12. The predicted molar refractivity (Wildman–Crippen MR) is 101 cm³/mol. The van der Waals surface area contributed by atoms with Crippen molar-refractivity contribution in [1.82, 2.24) is 0 Å². The molecule has 4 atom stereocenters. The van der Waals surface area contributed by atoms with Crippen LogP contribution in [0.15, 0.2) is 45.6 Å². The Kier molecular flexibility index (Phi) is 5.00. The molecule has 1 aromatic heterocycles. The normalized spacial score (nSPS) is 24.1. The van der Waals surface area contributed by atoms with Gasteiger partial charge in [0.15, 0.2) is 16.9 Å². The fourth-order valence-electron chi connectivity index (χ4n) is 3.15. The molecule has 0 spiro atoms. The molecule has 3 aromatic rings. The van der Waals surface area contributed by atoms with Crippen LogP contribution in [0, 0.1) is 0 Å². The van der Waals surface area contributed by atoms with Crippen LogP contribution in [0.25, 0.3) is 22.3 Å². The van der Waals surface area contributed by atoms with Crippen molar-refractivity contribution in [1.29, 1.82) is 0 Å². The van der Waals surface area contributed by atoms with E-state index in [2.05, 4.69) is 0 Å². The summed E-state index contributed by atoms with van der Waals surface area (Å²) in [6.07, 6.45) is -5.63. The van der Waals surface area contributed by atoms with Crippen molar-refractivity contribution >= 4 is 11.0 Å².